The Morgan fingerprint density at radius 3 is 2.44 bits per heavy atom. The fourth-order valence-electron chi connectivity index (χ4n) is 2.82. The summed E-state index contributed by atoms with van der Waals surface area (Å²) in [6.45, 7) is 1.84. The summed E-state index contributed by atoms with van der Waals surface area (Å²) in [5.74, 6) is 0.530. The van der Waals surface area contributed by atoms with Gasteiger partial charge in [0.25, 0.3) is 5.91 Å². The summed E-state index contributed by atoms with van der Waals surface area (Å²) >= 11 is 0. The third-order valence-corrected chi connectivity index (χ3v) is 4.35. The predicted octanol–water partition coefficient (Wildman–Crippen LogP) is 2.94. The maximum atomic E-state index is 12.6. The molecule has 0 radical (unpaired) electrons. The van der Waals surface area contributed by atoms with Gasteiger partial charge in [-0.3, -0.25) is 4.79 Å². The number of hydrogen-bond donors (Lipinski definition) is 1. The normalized spacial score (nSPS) is 18.6. The van der Waals surface area contributed by atoms with Gasteiger partial charge in [0.05, 0.1) is 12.3 Å². The van der Waals surface area contributed by atoms with Gasteiger partial charge >= 0.3 is 0 Å². The summed E-state index contributed by atoms with van der Waals surface area (Å²) < 4.78 is 5.21. The van der Waals surface area contributed by atoms with E-state index in [0.717, 1.165) is 16.8 Å². The van der Waals surface area contributed by atoms with Crippen LogP contribution in [0, 0.1) is 0 Å². The van der Waals surface area contributed by atoms with Crippen molar-refractivity contribution in [3.63, 3.8) is 0 Å². The number of benzene rings is 2. The fraction of sp³-hybridized carbons (Fsp3) is 0.200. The van der Waals surface area contributed by atoms with E-state index in [4.69, 9.17) is 9.36 Å². The van der Waals surface area contributed by atoms with Crippen LogP contribution in [0.15, 0.2) is 70.3 Å². The van der Waals surface area contributed by atoms with Crippen LogP contribution in [0.2, 0.25) is 0 Å². The smallest absolute Gasteiger partial charge is 0.267 e. The highest BCUT2D eigenvalue weighted by Crippen LogP contribution is 2.27. The van der Waals surface area contributed by atoms with Crippen LogP contribution in [-0.2, 0) is 16.2 Å². The molecule has 0 unspecified atom stereocenters. The van der Waals surface area contributed by atoms with Gasteiger partial charge in [-0.25, -0.2) is 0 Å². The van der Waals surface area contributed by atoms with Crippen LogP contribution >= 0.6 is 0 Å². The summed E-state index contributed by atoms with van der Waals surface area (Å²) in [7, 11) is 0. The maximum absolute atomic E-state index is 12.6. The van der Waals surface area contributed by atoms with Gasteiger partial charge in [0, 0.05) is 12.0 Å². The van der Waals surface area contributed by atoms with Crippen LogP contribution < -0.4 is 5.32 Å². The molecule has 0 saturated carbocycles. The van der Waals surface area contributed by atoms with Crippen LogP contribution in [0.5, 0.6) is 0 Å². The average molecular weight is 362 g/mol. The van der Waals surface area contributed by atoms with Crippen LogP contribution in [-0.4, -0.2) is 27.4 Å². The van der Waals surface area contributed by atoms with Crippen molar-refractivity contribution in [3.8, 4) is 11.4 Å². The van der Waals surface area contributed by atoms with E-state index in [-0.39, 0.29) is 12.5 Å². The Labute approximate surface area is 156 Å². The van der Waals surface area contributed by atoms with Crippen molar-refractivity contribution in [3.05, 3.63) is 72.1 Å². The minimum Gasteiger partial charge on any atom is -0.379 e. The Balaban J connectivity index is 1.37. The highest BCUT2D eigenvalue weighted by molar-refractivity contribution is 6.05. The van der Waals surface area contributed by atoms with E-state index in [1.54, 1.807) is 6.92 Å². The predicted molar refractivity (Wildman–Crippen MR) is 98.7 cm³/mol. The molecule has 0 fully saturated rings. The minimum atomic E-state index is -1.06. The molecule has 1 aliphatic heterocycles. The Morgan fingerprint density at radius 2 is 1.74 bits per heavy atom. The van der Waals surface area contributed by atoms with Gasteiger partial charge in [0.2, 0.25) is 17.3 Å². The van der Waals surface area contributed by atoms with Gasteiger partial charge in [-0.15, -0.1) is 0 Å². The molecule has 2 aromatic carbocycles. The van der Waals surface area contributed by atoms with Gasteiger partial charge in [0.15, 0.2) is 0 Å². The van der Waals surface area contributed by atoms with Gasteiger partial charge in [0.1, 0.15) is 0 Å². The number of carbonyl (C=O) groups excluding carboxylic acids is 1. The summed E-state index contributed by atoms with van der Waals surface area (Å²) in [4.78, 5) is 22.3. The molecule has 1 aliphatic rings. The SMILES string of the molecule is C[C@]1(C(=O)NCc2nc(-c3ccccc3)no2)CC(c2ccccc2)=NO1. The van der Waals surface area contributed by atoms with E-state index in [9.17, 15) is 4.79 Å². The first-order valence-electron chi connectivity index (χ1n) is 8.61. The van der Waals surface area contributed by atoms with Gasteiger partial charge in [-0.05, 0) is 12.5 Å². The zero-order valence-electron chi connectivity index (χ0n) is 14.8. The molecule has 7 nitrogen and oxygen atoms in total. The molecule has 0 bridgehead atoms. The first-order chi connectivity index (χ1) is 13.1. The first kappa shape index (κ1) is 17.0. The molecular formula is C20H18N4O3. The second-order valence-electron chi connectivity index (χ2n) is 6.46. The Bertz CT molecular complexity index is 969. The average Bonchev–Trinajstić information content (AvgIpc) is 3.35. The molecule has 0 aliphatic carbocycles. The number of hydrogen-bond acceptors (Lipinski definition) is 6. The van der Waals surface area contributed by atoms with Gasteiger partial charge in [-0.2, -0.15) is 4.98 Å². The second kappa shape index (κ2) is 7.03. The van der Waals surface area contributed by atoms with E-state index in [2.05, 4.69) is 20.6 Å². The van der Waals surface area contributed by atoms with Crippen LogP contribution in [0.25, 0.3) is 11.4 Å². The monoisotopic (exact) mass is 362 g/mol. The van der Waals surface area contributed by atoms with Crippen molar-refractivity contribution in [2.24, 2.45) is 5.16 Å². The maximum Gasteiger partial charge on any atom is 0.267 e. The topological polar surface area (TPSA) is 89.6 Å². The Hall–Kier alpha value is -3.48. The zero-order chi connectivity index (χ0) is 18.7. The number of rotatable bonds is 5. The van der Waals surface area contributed by atoms with Crippen molar-refractivity contribution in [1.29, 1.82) is 0 Å². The van der Waals surface area contributed by atoms with E-state index in [1.165, 1.54) is 0 Å². The molecule has 1 N–H and O–H groups in total. The lowest BCUT2D eigenvalue weighted by Gasteiger charge is -2.19. The summed E-state index contributed by atoms with van der Waals surface area (Å²) in [6, 6.07) is 19.2. The lowest BCUT2D eigenvalue weighted by molar-refractivity contribution is -0.142. The molecule has 7 heteroatoms. The Morgan fingerprint density at radius 1 is 1.07 bits per heavy atom. The van der Waals surface area contributed by atoms with E-state index in [1.807, 2.05) is 60.7 Å². The summed E-state index contributed by atoms with van der Waals surface area (Å²) in [5.41, 5.74) is 1.48. The molecule has 27 heavy (non-hydrogen) atoms. The number of nitrogens with zero attached hydrogens (tertiary/aromatic N) is 3. The lowest BCUT2D eigenvalue weighted by atomic mass is 9.95. The largest absolute Gasteiger partial charge is 0.379 e. The minimum absolute atomic E-state index is 0.123. The third kappa shape index (κ3) is 3.57. The molecule has 2 heterocycles. The molecular weight excluding hydrogens is 344 g/mol. The van der Waals surface area contributed by atoms with Crippen molar-refractivity contribution in [2.45, 2.75) is 25.5 Å². The quantitative estimate of drug-likeness (QED) is 0.754. The van der Waals surface area contributed by atoms with Crippen molar-refractivity contribution in [1.82, 2.24) is 15.5 Å². The summed E-state index contributed by atoms with van der Waals surface area (Å²) in [6.07, 6.45) is 0.391. The molecule has 0 spiro atoms. The van der Waals surface area contributed by atoms with Crippen LogP contribution in [0.1, 0.15) is 24.8 Å². The van der Waals surface area contributed by atoms with Gasteiger partial charge in [-0.1, -0.05) is 71.0 Å². The summed E-state index contributed by atoms with van der Waals surface area (Å²) in [5, 5.41) is 10.8. The van der Waals surface area contributed by atoms with Gasteiger partial charge < -0.3 is 14.7 Å². The standard InChI is InChI=1S/C20H18N4O3/c1-20(12-16(23-27-20)14-8-4-2-5-9-14)19(25)21-13-17-22-18(24-26-17)15-10-6-3-7-11-15/h2-11H,12-13H2,1H3,(H,21,25)/t20-/m1/s1. The van der Waals surface area contributed by atoms with Crippen molar-refractivity contribution >= 4 is 11.6 Å². The number of nitrogens with one attached hydrogen (secondary N) is 1. The van der Waals surface area contributed by atoms with Crippen molar-refractivity contribution < 1.29 is 14.2 Å². The highest BCUT2D eigenvalue weighted by Gasteiger charge is 2.42. The van der Waals surface area contributed by atoms with Crippen LogP contribution in [0.4, 0.5) is 0 Å². The van der Waals surface area contributed by atoms with E-state index in [0.29, 0.717) is 18.1 Å². The van der Waals surface area contributed by atoms with Crippen molar-refractivity contribution in [2.75, 3.05) is 0 Å². The molecule has 1 aromatic heterocycles. The third-order valence-electron chi connectivity index (χ3n) is 4.35. The van der Waals surface area contributed by atoms with E-state index >= 15 is 0 Å². The molecule has 1 amide bonds. The number of oxime groups is 1. The number of amides is 1. The molecule has 136 valence electrons. The van der Waals surface area contributed by atoms with E-state index < -0.39 is 5.60 Å². The highest BCUT2D eigenvalue weighted by atomic mass is 16.7. The number of aromatic nitrogens is 2. The lowest BCUT2D eigenvalue weighted by Crippen LogP contribution is -2.44. The first-order valence-corrected chi connectivity index (χ1v) is 8.61. The zero-order valence-corrected chi connectivity index (χ0v) is 14.8. The number of carbonyl (C=O) groups is 1. The molecule has 0 saturated heterocycles. The second-order valence-corrected chi connectivity index (χ2v) is 6.46. The molecule has 4 rings (SSSR count). The molecule has 3 aromatic rings. The molecule has 1 atom stereocenters. The Kier molecular flexibility index (Phi) is 4.42. The fourth-order valence-corrected chi connectivity index (χ4v) is 2.82. The van der Waals surface area contributed by atoms with Crippen LogP contribution in [0.3, 0.4) is 0 Å².